The third-order valence-electron chi connectivity index (χ3n) is 4.51. The Labute approximate surface area is 182 Å². The molecule has 3 aromatic heterocycles. The number of nitrogens with zero attached hydrogens (tertiary/aromatic N) is 3. The Balaban J connectivity index is 1.62. The van der Waals surface area contributed by atoms with Gasteiger partial charge in [0.2, 0.25) is 0 Å². The smallest absolute Gasteiger partial charge is 0.273 e. The standard InChI is InChI=1S/C22H18ClN3OS2/c1-15-5-2-3-7-17(15)13-26(12-16-6-4-10-24-11-16)22(27)18-14-28-21(25-18)19-8-9-20(23)29-19/h2-11,14H,12-13H2,1H3. The summed E-state index contributed by atoms with van der Waals surface area (Å²) in [5.74, 6) is -0.0951. The van der Waals surface area contributed by atoms with E-state index in [1.807, 2.05) is 46.7 Å². The van der Waals surface area contributed by atoms with Crippen LogP contribution in [-0.2, 0) is 13.1 Å². The molecule has 0 aliphatic rings. The molecule has 1 amide bonds. The molecule has 29 heavy (non-hydrogen) atoms. The van der Waals surface area contributed by atoms with Gasteiger partial charge in [-0.2, -0.15) is 0 Å². The Morgan fingerprint density at radius 2 is 1.97 bits per heavy atom. The van der Waals surface area contributed by atoms with Gasteiger partial charge in [0.1, 0.15) is 10.7 Å². The van der Waals surface area contributed by atoms with Crippen molar-refractivity contribution >= 4 is 40.2 Å². The molecular weight excluding hydrogens is 422 g/mol. The summed E-state index contributed by atoms with van der Waals surface area (Å²) < 4.78 is 0.709. The molecule has 0 atom stereocenters. The van der Waals surface area contributed by atoms with E-state index in [0.29, 0.717) is 23.1 Å². The van der Waals surface area contributed by atoms with Crippen LogP contribution in [0.3, 0.4) is 0 Å². The number of rotatable bonds is 6. The van der Waals surface area contributed by atoms with Crippen LogP contribution in [0.15, 0.2) is 66.3 Å². The van der Waals surface area contributed by atoms with Crippen LogP contribution in [0.25, 0.3) is 9.88 Å². The third-order valence-corrected chi connectivity index (χ3v) is 6.76. The van der Waals surface area contributed by atoms with Crippen molar-refractivity contribution < 1.29 is 4.79 Å². The van der Waals surface area contributed by atoms with Crippen LogP contribution < -0.4 is 0 Å². The van der Waals surface area contributed by atoms with Crippen molar-refractivity contribution in [3.8, 4) is 9.88 Å². The minimum atomic E-state index is -0.0951. The van der Waals surface area contributed by atoms with E-state index in [2.05, 4.69) is 29.0 Å². The largest absolute Gasteiger partial charge is 0.329 e. The zero-order chi connectivity index (χ0) is 20.2. The number of pyridine rings is 1. The molecule has 0 N–H and O–H groups in total. The van der Waals surface area contributed by atoms with Crippen molar-refractivity contribution in [1.29, 1.82) is 0 Å². The molecule has 3 heterocycles. The van der Waals surface area contributed by atoms with Gasteiger partial charge in [0.25, 0.3) is 5.91 Å². The first-order valence-electron chi connectivity index (χ1n) is 9.04. The molecule has 0 bridgehead atoms. The quantitative estimate of drug-likeness (QED) is 0.366. The molecule has 4 rings (SSSR count). The highest BCUT2D eigenvalue weighted by atomic mass is 35.5. The first kappa shape index (κ1) is 19.8. The molecule has 0 unspecified atom stereocenters. The molecule has 4 nitrogen and oxygen atoms in total. The highest BCUT2D eigenvalue weighted by molar-refractivity contribution is 7.23. The van der Waals surface area contributed by atoms with Crippen LogP contribution in [0.5, 0.6) is 0 Å². The fraction of sp³-hybridized carbons (Fsp3) is 0.136. The number of carbonyl (C=O) groups is 1. The van der Waals surface area contributed by atoms with Gasteiger partial charge in [0.05, 0.1) is 9.21 Å². The van der Waals surface area contributed by atoms with Gasteiger partial charge in [-0.15, -0.1) is 22.7 Å². The van der Waals surface area contributed by atoms with E-state index in [0.717, 1.165) is 26.6 Å². The van der Waals surface area contributed by atoms with Crippen LogP contribution in [0, 0.1) is 6.92 Å². The number of thiazole rings is 1. The summed E-state index contributed by atoms with van der Waals surface area (Å²) in [4.78, 5) is 24.9. The molecule has 4 aromatic rings. The average Bonchev–Trinajstić information content (AvgIpc) is 3.38. The normalized spacial score (nSPS) is 10.8. The van der Waals surface area contributed by atoms with Crippen molar-refractivity contribution in [2.24, 2.45) is 0 Å². The highest BCUT2D eigenvalue weighted by Gasteiger charge is 2.21. The van der Waals surface area contributed by atoms with Gasteiger partial charge < -0.3 is 4.90 Å². The summed E-state index contributed by atoms with van der Waals surface area (Å²) in [6.07, 6.45) is 3.52. The number of aromatic nitrogens is 2. The highest BCUT2D eigenvalue weighted by Crippen LogP contribution is 2.33. The predicted octanol–water partition coefficient (Wildman–Crippen LogP) is 6.07. The molecule has 0 aliphatic carbocycles. The molecule has 0 radical (unpaired) electrons. The Morgan fingerprint density at radius 1 is 1.10 bits per heavy atom. The minimum Gasteiger partial charge on any atom is -0.329 e. The molecule has 0 fully saturated rings. The first-order valence-corrected chi connectivity index (χ1v) is 11.1. The molecule has 7 heteroatoms. The molecule has 146 valence electrons. The Hall–Kier alpha value is -2.54. The maximum Gasteiger partial charge on any atom is 0.273 e. The Morgan fingerprint density at radius 3 is 2.69 bits per heavy atom. The van der Waals surface area contributed by atoms with E-state index in [9.17, 15) is 4.79 Å². The number of hydrogen-bond acceptors (Lipinski definition) is 5. The molecular formula is C22H18ClN3OS2. The van der Waals surface area contributed by atoms with Gasteiger partial charge in [-0.05, 0) is 41.8 Å². The molecule has 0 saturated carbocycles. The predicted molar refractivity (Wildman–Crippen MR) is 119 cm³/mol. The monoisotopic (exact) mass is 439 g/mol. The maximum absolute atomic E-state index is 13.3. The van der Waals surface area contributed by atoms with Gasteiger partial charge in [-0.25, -0.2) is 4.98 Å². The summed E-state index contributed by atoms with van der Waals surface area (Å²) in [6.45, 7) is 3.04. The zero-order valence-electron chi connectivity index (χ0n) is 15.7. The van der Waals surface area contributed by atoms with E-state index < -0.39 is 0 Å². The summed E-state index contributed by atoms with van der Waals surface area (Å²) in [7, 11) is 0. The van der Waals surface area contributed by atoms with Crippen LogP contribution in [0.4, 0.5) is 0 Å². The summed E-state index contributed by atoms with van der Waals surface area (Å²) >= 11 is 8.96. The number of aryl methyl sites for hydroxylation is 1. The third kappa shape index (κ3) is 4.72. The zero-order valence-corrected chi connectivity index (χ0v) is 18.1. The summed E-state index contributed by atoms with van der Waals surface area (Å²) in [6, 6.07) is 15.8. The van der Waals surface area contributed by atoms with E-state index in [-0.39, 0.29) is 5.91 Å². The van der Waals surface area contributed by atoms with Gasteiger partial charge in [-0.1, -0.05) is 41.9 Å². The van der Waals surface area contributed by atoms with Crippen molar-refractivity contribution in [2.75, 3.05) is 0 Å². The fourth-order valence-electron chi connectivity index (χ4n) is 2.98. The van der Waals surface area contributed by atoms with E-state index in [4.69, 9.17) is 11.6 Å². The summed E-state index contributed by atoms with van der Waals surface area (Å²) in [5.41, 5.74) is 3.70. The lowest BCUT2D eigenvalue weighted by Crippen LogP contribution is -2.30. The van der Waals surface area contributed by atoms with Gasteiger partial charge in [0.15, 0.2) is 0 Å². The molecule has 0 aliphatic heterocycles. The molecule has 1 aromatic carbocycles. The fourth-order valence-corrected chi connectivity index (χ4v) is 4.89. The van der Waals surface area contributed by atoms with E-state index in [1.54, 1.807) is 12.4 Å². The second-order valence-electron chi connectivity index (χ2n) is 6.59. The van der Waals surface area contributed by atoms with Crippen LogP contribution in [-0.4, -0.2) is 20.8 Å². The molecule has 0 spiro atoms. The lowest BCUT2D eigenvalue weighted by molar-refractivity contribution is 0.0724. The Kier molecular flexibility index (Phi) is 6.04. The number of carbonyl (C=O) groups excluding carboxylic acids is 1. The number of benzene rings is 1. The van der Waals surface area contributed by atoms with E-state index in [1.165, 1.54) is 22.7 Å². The number of amides is 1. The van der Waals surface area contributed by atoms with Gasteiger partial charge >= 0.3 is 0 Å². The SMILES string of the molecule is Cc1ccccc1CN(Cc1cccnc1)C(=O)c1csc(-c2ccc(Cl)s2)n1. The molecule has 0 saturated heterocycles. The van der Waals surface area contributed by atoms with Crippen molar-refractivity contribution in [1.82, 2.24) is 14.9 Å². The van der Waals surface area contributed by atoms with Gasteiger partial charge in [0, 0.05) is 30.9 Å². The Bertz CT molecular complexity index is 1120. The lowest BCUT2D eigenvalue weighted by Gasteiger charge is -2.23. The van der Waals surface area contributed by atoms with Crippen LogP contribution in [0.1, 0.15) is 27.2 Å². The number of thiophene rings is 1. The second-order valence-corrected chi connectivity index (χ2v) is 9.16. The lowest BCUT2D eigenvalue weighted by atomic mass is 10.1. The minimum absolute atomic E-state index is 0.0951. The average molecular weight is 440 g/mol. The van der Waals surface area contributed by atoms with Gasteiger partial charge in [-0.3, -0.25) is 9.78 Å². The topological polar surface area (TPSA) is 46.1 Å². The van der Waals surface area contributed by atoms with Crippen molar-refractivity contribution in [3.05, 3.63) is 93.0 Å². The number of hydrogen-bond donors (Lipinski definition) is 0. The second kappa shape index (κ2) is 8.86. The van der Waals surface area contributed by atoms with Crippen LogP contribution >= 0.6 is 34.3 Å². The van der Waals surface area contributed by atoms with Crippen LogP contribution in [0.2, 0.25) is 4.34 Å². The van der Waals surface area contributed by atoms with Crippen molar-refractivity contribution in [3.63, 3.8) is 0 Å². The summed E-state index contributed by atoms with van der Waals surface area (Å²) in [5, 5.41) is 2.63. The van der Waals surface area contributed by atoms with E-state index >= 15 is 0 Å². The number of halogens is 1. The first-order chi connectivity index (χ1) is 14.1. The van der Waals surface area contributed by atoms with Crippen molar-refractivity contribution in [2.45, 2.75) is 20.0 Å². The maximum atomic E-state index is 13.3.